The molecule has 0 aromatic heterocycles. The van der Waals surface area contributed by atoms with Crippen LogP contribution in [0.3, 0.4) is 0 Å². The highest BCUT2D eigenvalue weighted by molar-refractivity contribution is 5.89. The molecule has 4 heteroatoms. The molecule has 98 valence electrons. The standard InChI is InChI=1S/C14H18FNO2/c1-2-18-13(17)11-3-5-12(6-4-11)14(15)7-9-16-10-8-14/h3-6,16H,2,7-10H2,1H3. The summed E-state index contributed by atoms with van der Waals surface area (Å²) >= 11 is 0. The van der Waals surface area contributed by atoms with Crippen molar-refractivity contribution in [3.8, 4) is 0 Å². The first-order chi connectivity index (χ1) is 8.65. The van der Waals surface area contributed by atoms with Gasteiger partial charge in [-0.2, -0.15) is 0 Å². The predicted octanol–water partition coefficient (Wildman–Crippen LogP) is 2.41. The van der Waals surface area contributed by atoms with E-state index in [1.807, 2.05) is 0 Å². The first kappa shape index (κ1) is 13.0. The maximum absolute atomic E-state index is 14.6. The molecule has 0 unspecified atom stereocenters. The van der Waals surface area contributed by atoms with Crippen LogP contribution in [-0.2, 0) is 10.4 Å². The van der Waals surface area contributed by atoms with Gasteiger partial charge in [0.2, 0.25) is 0 Å². The number of piperidine rings is 1. The summed E-state index contributed by atoms with van der Waals surface area (Å²) in [6.07, 6.45) is 0.956. The lowest BCUT2D eigenvalue weighted by atomic mass is 9.86. The van der Waals surface area contributed by atoms with E-state index in [1.165, 1.54) is 0 Å². The number of nitrogens with one attached hydrogen (secondary N) is 1. The van der Waals surface area contributed by atoms with Gasteiger partial charge in [-0.15, -0.1) is 0 Å². The minimum absolute atomic E-state index is 0.347. The van der Waals surface area contributed by atoms with Gasteiger partial charge in [-0.3, -0.25) is 0 Å². The van der Waals surface area contributed by atoms with Crippen LogP contribution in [0.4, 0.5) is 4.39 Å². The zero-order chi connectivity index (χ0) is 13.0. The van der Waals surface area contributed by atoms with Crippen molar-refractivity contribution in [2.75, 3.05) is 19.7 Å². The second-order valence-corrected chi connectivity index (χ2v) is 4.51. The van der Waals surface area contributed by atoms with Crippen molar-refractivity contribution >= 4 is 5.97 Å². The molecule has 3 nitrogen and oxygen atoms in total. The largest absolute Gasteiger partial charge is 0.462 e. The molecule has 18 heavy (non-hydrogen) atoms. The quantitative estimate of drug-likeness (QED) is 0.838. The first-order valence-corrected chi connectivity index (χ1v) is 6.33. The second-order valence-electron chi connectivity index (χ2n) is 4.51. The molecule has 0 atom stereocenters. The highest BCUT2D eigenvalue weighted by Crippen LogP contribution is 2.34. The van der Waals surface area contributed by atoms with E-state index in [-0.39, 0.29) is 5.97 Å². The Morgan fingerprint density at radius 2 is 1.94 bits per heavy atom. The number of esters is 1. The maximum atomic E-state index is 14.6. The highest BCUT2D eigenvalue weighted by Gasteiger charge is 2.33. The van der Waals surface area contributed by atoms with E-state index < -0.39 is 5.67 Å². The van der Waals surface area contributed by atoms with Crippen LogP contribution in [-0.4, -0.2) is 25.7 Å². The van der Waals surface area contributed by atoms with Gasteiger partial charge in [-0.25, -0.2) is 9.18 Å². The number of rotatable bonds is 3. The summed E-state index contributed by atoms with van der Waals surface area (Å²) in [6, 6.07) is 6.66. The summed E-state index contributed by atoms with van der Waals surface area (Å²) < 4.78 is 19.5. The third-order valence-corrected chi connectivity index (χ3v) is 3.31. The fourth-order valence-corrected chi connectivity index (χ4v) is 2.23. The van der Waals surface area contributed by atoms with Crippen molar-refractivity contribution in [3.63, 3.8) is 0 Å². The Balaban J connectivity index is 2.14. The van der Waals surface area contributed by atoms with E-state index in [0.29, 0.717) is 43.7 Å². The summed E-state index contributed by atoms with van der Waals surface area (Å²) in [5, 5.41) is 3.14. The predicted molar refractivity (Wildman–Crippen MR) is 67.3 cm³/mol. The van der Waals surface area contributed by atoms with Gasteiger partial charge in [0.1, 0.15) is 5.67 Å². The molecular weight excluding hydrogens is 233 g/mol. The van der Waals surface area contributed by atoms with Crippen molar-refractivity contribution in [1.82, 2.24) is 5.32 Å². The van der Waals surface area contributed by atoms with Gasteiger partial charge in [0.05, 0.1) is 12.2 Å². The number of halogens is 1. The Hall–Kier alpha value is -1.42. The number of benzene rings is 1. The summed E-state index contributed by atoms with van der Waals surface area (Å²) in [5.41, 5.74) is -0.145. The van der Waals surface area contributed by atoms with Crippen molar-refractivity contribution in [2.24, 2.45) is 0 Å². The van der Waals surface area contributed by atoms with Gasteiger partial charge >= 0.3 is 5.97 Å². The molecule has 1 saturated heterocycles. The number of carbonyl (C=O) groups is 1. The lowest BCUT2D eigenvalue weighted by Gasteiger charge is -2.30. The monoisotopic (exact) mass is 251 g/mol. The van der Waals surface area contributed by atoms with Crippen LogP contribution in [0.2, 0.25) is 0 Å². The minimum atomic E-state index is -1.27. The molecule has 0 aliphatic carbocycles. The van der Waals surface area contributed by atoms with Crippen LogP contribution in [0.1, 0.15) is 35.7 Å². The van der Waals surface area contributed by atoms with Gasteiger partial charge in [0.15, 0.2) is 0 Å². The Morgan fingerprint density at radius 3 is 2.50 bits per heavy atom. The summed E-state index contributed by atoms with van der Waals surface area (Å²) in [4.78, 5) is 11.5. The fourth-order valence-electron chi connectivity index (χ4n) is 2.23. The lowest BCUT2D eigenvalue weighted by Crippen LogP contribution is -2.36. The van der Waals surface area contributed by atoms with Gasteiger partial charge in [0.25, 0.3) is 0 Å². The lowest BCUT2D eigenvalue weighted by molar-refractivity contribution is 0.0526. The van der Waals surface area contributed by atoms with E-state index in [2.05, 4.69) is 5.32 Å². The zero-order valence-corrected chi connectivity index (χ0v) is 10.5. The van der Waals surface area contributed by atoms with Crippen molar-refractivity contribution in [2.45, 2.75) is 25.4 Å². The van der Waals surface area contributed by atoms with Crippen LogP contribution in [0.5, 0.6) is 0 Å². The molecular formula is C14H18FNO2. The number of carbonyl (C=O) groups excluding carboxylic acids is 1. The Bertz CT molecular complexity index is 410. The van der Waals surface area contributed by atoms with Gasteiger partial charge < -0.3 is 10.1 Å². The third kappa shape index (κ3) is 2.70. The molecule has 0 amide bonds. The maximum Gasteiger partial charge on any atom is 0.338 e. The van der Waals surface area contributed by atoms with E-state index in [9.17, 15) is 9.18 Å². The minimum Gasteiger partial charge on any atom is -0.462 e. The molecule has 1 aromatic carbocycles. The summed E-state index contributed by atoms with van der Waals surface area (Å²) in [7, 11) is 0. The Labute approximate surface area is 106 Å². The number of hydrogen-bond donors (Lipinski definition) is 1. The van der Waals surface area contributed by atoms with Gasteiger partial charge in [-0.1, -0.05) is 12.1 Å². The second kappa shape index (κ2) is 5.48. The molecule has 1 aliphatic heterocycles. The normalized spacial score (nSPS) is 18.3. The number of ether oxygens (including phenoxy) is 1. The van der Waals surface area contributed by atoms with Gasteiger partial charge in [0, 0.05) is 0 Å². The van der Waals surface area contributed by atoms with Crippen LogP contribution >= 0.6 is 0 Å². The van der Waals surface area contributed by atoms with Crippen LogP contribution in [0.25, 0.3) is 0 Å². The highest BCUT2D eigenvalue weighted by atomic mass is 19.1. The SMILES string of the molecule is CCOC(=O)c1ccc(C2(F)CCNCC2)cc1. The van der Waals surface area contributed by atoms with Gasteiger partial charge in [-0.05, 0) is 50.6 Å². The average Bonchev–Trinajstić information content (AvgIpc) is 2.40. The third-order valence-electron chi connectivity index (χ3n) is 3.31. The topological polar surface area (TPSA) is 38.3 Å². The molecule has 0 bridgehead atoms. The first-order valence-electron chi connectivity index (χ1n) is 6.33. The Morgan fingerprint density at radius 1 is 1.33 bits per heavy atom. The smallest absolute Gasteiger partial charge is 0.338 e. The molecule has 0 spiro atoms. The molecule has 1 fully saturated rings. The molecule has 1 aromatic rings. The molecule has 0 radical (unpaired) electrons. The zero-order valence-electron chi connectivity index (χ0n) is 10.5. The Kier molecular flexibility index (Phi) is 3.97. The van der Waals surface area contributed by atoms with Crippen LogP contribution < -0.4 is 5.32 Å². The summed E-state index contributed by atoms with van der Waals surface area (Å²) in [5.74, 6) is -0.359. The molecule has 2 rings (SSSR count). The van der Waals surface area contributed by atoms with Crippen LogP contribution in [0, 0.1) is 0 Å². The van der Waals surface area contributed by atoms with E-state index >= 15 is 0 Å². The van der Waals surface area contributed by atoms with Crippen molar-refractivity contribution < 1.29 is 13.9 Å². The molecule has 1 N–H and O–H groups in total. The van der Waals surface area contributed by atoms with E-state index in [4.69, 9.17) is 4.74 Å². The van der Waals surface area contributed by atoms with E-state index in [1.54, 1.807) is 31.2 Å². The van der Waals surface area contributed by atoms with E-state index in [0.717, 1.165) is 0 Å². The molecule has 1 aliphatic rings. The van der Waals surface area contributed by atoms with Crippen molar-refractivity contribution in [3.05, 3.63) is 35.4 Å². The number of alkyl halides is 1. The number of hydrogen-bond acceptors (Lipinski definition) is 3. The van der Waals surface area contributed by atoms with Crippen molar-refractivity contribution in [1.29, 1.82) is 0 Å². The average molecular weight is 251 g/mol. The fraction of sp³-hybridized carbons (Fsp3) is 0.500. The summed E-state index contributed by atoms with van der Waals surface area (Å²) in [6.45, 7) is 3.49. The van der Waals surface area contributed by atoms with Crippen LogP contribution in [0.15, 0.2) is 24.3 Å². The molecule has 0 saturated carbocycles. The molecule has 1 heterocycles.